The van der Waals surface area contributed by atoms with Crippen LogP contribution in [0.1, 0.15) is 34.1 Å². The number of aliphatic carboxylic acids is 1. The maximum atomic E-state index is 11.8. The van der Waals surface area contributed by atoms with E-state index in [0.717, 1.165) is 0 Å². The number of alkyl halides is 2. The summed E-state index contributed by atoms with van der Waals surface area (Å²) in [5.41, 5.74) is -2.13. The lowest BCUT2D eigenvalue weighted by Crippen LogP contribution is -2.57. The highest BCUT2D eigenvalue weighted by Crippen LogP contribution is 2.30. The monoisotopic (exact) mass is 281 g/mol. The summed E-state index contributed by atoms with van der Waals surface area (Å²) in [5, 5.41) is 11.7. The molecule has 0 aromatic rings. The summed E-state index contributed by atoms with van der Waals surface area (Å²) in [6, 6.07) is 0. The molecule has 0 saturated carbocycles. The summed E-state index contributed by atoms with van der Waals surface area (Å²) >= 11 is 0. The molecule has 0 aromatic heterocycles. The molecule has 0 unspecified atom stereocenters. The average Bonchev–Trinajstić information content (AvgIpc) is 2.23. The van der Waals surface area contributed by atoms with Gasteiger partial charge in [-0.15, -0.1) is 0 Å². The molecular formula is C12H21F2NO4. The van der Waals surface area contributed by atoms with Crippen LogP contribution in [0.3, 0.4) is 0 Å². The van der Waals surface area contributed by atoms with Crippen molar-refractivity contribution < 1.29 is 28.2 Å². The SMILES string of the molecule is CC(C)(NC(=O)CCOCC(F)F)C(C)(C)C(=O)O. The van der Waals surface area contributed by atoms with Crippen LogP contribution in [0.25, 0.3) is 0 Å². The van der Waals surface area contributed by atoms with Gasteiger partial charge in [-0.05, 0) is 27.7 Å². The molecule has 0 aliphatic heterocycles. The Morgan fingerprint density at radius 2 is 1.79 bits per heavy atom. The van der Waals surface area contributed by atoms with Gasteiger partial charge in [0.15, 0.2) is 0 Å². The van der Waals surface area contributed by atoms with E-state index in [1.165, 1.54) is 13.8 Å². The Kier molecular flexibility index (Phi) is 6.35. The predicted octanol–water partition coefficient (Wildman–Crippen LogP) is 1.66. The molecule has 7 heteroatoms. The average molecular weight is 281 g/mol. The molecule has 19 heavy (non-hydrogen) atoms. The number of carboxylic acid groups (broad SMARTS) is 1. The van der Waals surface area contributed by atoms with Gasteiger partial charge in [-0.1, -0.05) is 0 Å². The second kappa shape index (κ2) is 6.79. The molecule has 0 aliphatic rings. The minimum absolute atomic E-state index is 0.0914. The zero-order valence-electron chi connectivity index (χ0n) is 11.6. The van der Waals surface area contributed by atoms with Crippen molar-refractivity contribution in [2.75, 3.05) is 13.2 Å². The van der Waals surface area contributed by atoms with Crippen molar-refractivity contribution in [3.63, 3.8) is 0 Å². The Hall–Kier alpha value is -1.24. The first kappa shape index (κ1) is 17.8. The van der Waals surface area contributed by atoms with Crippen LogP contribution in [0.2, 0.25) is 0 Å². The number of amides is 1. The summed E-state index contributed by atoms with van der Waals surface area (Å²) in [7, 11) is 0. The van der Waals surface area contributed by atoms with Gasteiger partial charge in [0.25, 0.3) is 6.43 Å². The lowest BCUT2D eigenvalue weighted by atomic mass is 9.74. The molecule has 0 bridgehead atoms. The topological polar surface area (TPSA) is 75.6 Å². The highest BCUT2D eigenvalue weighted by atomic mass is 19.3. The number of carbonyl (C=O) groups excluding carboxylic acids is 1. The standard InChI is InChI=1S/C12H21F2NO4/c1-11(2,10(17)18)12(3,4)15-9(16)5-6-19-7-8(13)14/h8H,5-7H2,1-4H3,(H,15,16)(H,17,18). The van der Waals surface area contributed by atoms with Crippen molar-refractivity contribution in [1.82, 2.24) is 5.32 Å². The summed E-state index contributed by atoms with van der Waals surface area (Å²) < 4.78 is 28.2. The van der Waals surface area contributed by atoms with Gasteiger partial charge in [-0.3, -0.25) is 9.59 Å². The fourth-order valence-electron chi connectivity index (χ4n) is 1.17. The molecule has 2 N–H and O–H groups in total. The van der Waals surface area contributed by atoms with Crippen LogP contribution in [-0.2, 0) is 14.3 Å². The van der Waals surface area contributed by atoms with Crippen LogP contribution in [0, 0.1) is 5.41 Å². The molecule has 0 radical (unpaired) electrons. The van der Waals surface area contributed by atoms with E-state index in [9.17, 15) is 18.4 Å². The Morgan fingerprint density at radius 1 is 1.26 bits per heavy atom. The zero-order chi connectivity index (χ0) is 15.3. The van der Waals surface area contributed by atoms with Gasteiger partial charge in [0, 0.05) is 12.0 Å². The fraction of sp³-hybridized carbons (Fsp3) is 0.833. The largest absolute Gasteiger partial charge is 0.481 e. The van der Waals surface area contributed by atoms with Gasteiger partial charge in [0.2, 0.25) is 5.91 Å². The van der Waals surface area contributed by atoms with Crippen molar-refractivity contribution in [1.29, 1.82) is 0 Å². The summed E-state index contributed by atoms with van der Waals surface area (Å²) in [6.07, 6.45) is -2.66. The van der Waals surface area contributed by atoms with Gasteiger partial charge in [-0.2, -0.15) is 0 Å². The Bertz CT molecular complexity index is 330. The normalized spacial score (nSPS) is 12.6. The highest BCUT2D eigenvalue weighted by molar-refractivity contribution is 5.80. The predicted molar refractivity (Wildman–Crippen MR) is 65.1 cm³/mol. The molecule has 0 fully saturated rings. The van der Waals surface area contributed by atoms with Crippen LogP contribution in [-0.4, -0.2) is 42.2 Å². The highest BCUT2D eigenvalue weighted by Gasteiger charge is 2.44. The summed E-state index contributed by atoms with van der Waals surface area (Å²) in [4.78, 5) is 22.7. The third-order valence-electron chi connectivity index (χ3n) is 3.27. The fourth-order valence-corrected chi connectivity index (χ4v) is 1.17. The third kappa shape index (κ3) is 5.50. The number of ether oxygens (including phenoxy) is 1. The smallest absolute Gasteiger partial charge is 0.311 e. The molecule has 0 aromatic carbocycles. The lowest BCUT2D eigenvalue weighted by Gasteiger charge is -2.38. The van der Waals surface area contributed by atoms with E-state index in [4.69, 9.17) is 5.11 Å². The number of hydrogen-bond donors (Lipinski definition) is 2. The van der Waals surface area contributed by atoms with Crippen molar-refractivity contribution in [2.24, 2.45) is 5.41 Å². The zero-order valence-corrected chi connectivity index (χ0v) is 11.6. The summed E-state index contributed by atoms with van der Waals surface area (Å²) in [5.74, 6) is -1.47. The number of carboxylic acids is 1. The van der Waals surface area contributed by atoms with E-state index in [1.54, 1.807) is 13.8 Å². The van der Waals surface area contributed by atoms with Crippen molar-refractivity contribution in [3.05, 3.63) is 0 Å². The van der Waals surface area contributed by atoms with Crippen molar-refractivity contribution >= 4 is 11.9 Å². The molecule has 0 atom stereocenters. The number of nitrogens with one attached hydrogen (secondary N) is 1. The van der Waals surface area contributed by atoms with Gasteiger partial charge in [0.05, 0.1) is 12.0 Å². The molecule has 0 saturated heterocycles. The quantitative estimate of drug-likeness (QED) is 0.663. The molecule has 0 heterocycles. The number of rotatable bonds is 8. The van der Waals surface area contributed by atoms with E-state index in [-0.39, 0.29) is 13.0 Å². The first-order valence-electron chi connectivity index (χ1n) is 5.91. The maximum Gasteiger partial charge on any atom is 0.311 e. The molecule has 112 valence electrons. The van der Waals surface area contributed by atoms with Crippen LogP contribution < -0.4 is 5.32 Å². The minimum Gasteiger partial charge on any atom is -0.481 e. The minimum atomic E-state index is -2.56. The van der Waals surface area contributed by atoms with E-state index in [0.29, 0.717) is 0 Å². The molecule has 1 amide bonds. The molecular weight excluding hydrogens is 260 g/mol. The Morgan fingerprint density at radius 3 is 2.21 bits per heavy atom. The van der Waals surface area contributed by atoms with E-state index >= 15 is 0 Å². The van der Waals surface area contributed by atoms with E-state index in [1.807, 2.05) is 0 Å². The first-order valence-corrected chi connectivity index (χ1v) is 5.91. The maximum absolute atomic E-state index is 11.8. The van der Waals surface area contributed by atoms with E-state index in [2.05, 4.69) is 10.1 Å². The summed E-state index contributed by atoms with van der Waals surface area (Å²) in [6.45, 7) is 5.36. The van der Waals surface area contributed by atoms with Crippen LogP contribution in [0.4, 0.5) is 8.78 Å². The Balaban J connectivity index is 4.28. The second-order valence-electron chi connectivity index (χ2n) is 5.32. The second-order valence-corrected chi connectivity index (χ2v) is 5.32. The van der Waals surface area contributed by atoms with Gasteiger partial charge in [-0.25, -0.2) is 8.78 Å². The van der Waals surface area contributed by atoms with Crippen LogP contribution >= 0.6 is 0 Å². The number of halogens is 2. The molecule has 0 spiro atoms. The lowest BCUT2D eigenvalue weighted by molar-refractivity contribution is -0.151. The van der Waals surface area contributed by atoms with E-state index < -0.39 is 35.9 Å². The van der Waals surface area contributed by atoms with Crippen molar-refractivity contribution in [3.8, 4) is 0 Å². The number of hydrogen-bond acceptors (Lipinski definition) is 3. The molecule has 0 rings (SSSR count). The van der Waals surface area contributed by atoms with Gasteiger partial charge >= 0.3 is 5.97 Å². The molecule has 5 nitrogen and oxygen atoms in total. The number of carbonyl (C=O) groups is 2. The van der Waals surface area contributed by atoms with Crippen LogP contribution in [0.15, 0.2) is 0 Å². The first-order chi connectivity index (χ1) is 8.50. The van der Waals surface area contributed by atoms with Gasteiger partial charge < -0.3 is 15.2 Å². The third-order valence-corrected chi connectivity index (χ3v) is 3.27. The van der Waals surface area contributed by atoms with Crippen LogP contribution in [0.5, 0.6) is 0 Å². The molecule has 0 aliphatic carbocycles. The van der Waals surface area contributed by atoms with Crippen molar-refractivity contribution in [2.45, 2.75) is 46.1 Å². The Labute approximate surface area is 111 Å². The van der Waals surface area contributed by atoms with Gasteiger partial charge in [0.1, 0.15) is 6.61 Å².